The van der Waals surface area contributed by atoms with Gasteiger partial charge in [-0.05, 0) is 42.2 Å². The lowest BCUT2D eigenvalue weighted by molar-refractivity contribution is -0.136. The fourth-order valence-electron chi connectivity index (χ4n) is 3.38. The number of carbonyl (C=O) groups excluding carboxylic acids is 1. The lowest BCUT2D eigenvalue weighted by Crippen LogP contribution is -2.35. The van der Waals surface area contributed by atoms with Gasteiger partial charge in [0.25, 0.3) is 0 Å². The Hall–Kier alpha value is -3.32. The van der Waals surface area contributed by atoms with Crippen LogP contribution in [-0.4, -0.2) is 25.2 Å². The van der Waals surface area contributed by atoms with Gasteiger partial charge in [0.1, 0.15) is 36.9 Å². The van der Waals surface area contributed by atoms with E-state index in [2.05, 4.69) is 0 Å². The summed E-state index contributed by atoms with van der Waals surface area (Å²) in [7, 11) is 0. The number of nitrogens with two attached hydrogens (primary N) is 1. The van der Waals surface area contributed by atoms with Gasteiger partial charge in [0, 0.05) is 6.07 Å². The van der Waals surface area contributed by atoms with Crippen LogP contribution in [0.3, 0.4) is 0 Å². The average Bonchev–Trinajstić information content (AvgIpc) is 2.73. The normalized spacial score (nSPS) is 14.0. The van der Waals surface area contributed by atoms with Crippen LogP contribution in [0.5, 0.6) is 17.2 Å². The second-order valence-electron chi connectivity index (χ2n) is 7.65. The highest BCUT2D eigenvalue weighted by molar-refractivity contribution is 5.84. The third-order valence-corrected chi connectivity index (χ3v) is 4.85. The Morgan fingerprint density at radius 1 is 1.10 bits per heavy atom. The summed E-state index contributed by atoms with van der Waals surface area (Å²) < 4.78 is 22.1. The first-order valence-electron chi connectivity index (χ1n) is 9.85. The molecule has 7 heteroatoms. The number of carbonyl (C=O) groups is 1. The van der Waals surface area contributed by atoms with Gasteiger partial charge in [-0.25, -0.2) is 4.79 Å². The van der Waals surface area contributed by atoms with Crippen molar-refractivity contribution in [2.45, 2.75) is 26.3 Å². The molecule has 2 N–H and O–H groups in total. The molecule has 7 nitrogen and oxygen atoms in total. The number of esters is 1. The molecule has 1 aliphatic rings. The van der Waals surface area contributed by atoms with Crippen LogP contribution in [0.2, 0.25) is 0 Å². The van der Waals surface area contributed by atoms with Gasteiger partial charge in [-0.2, -0.15) is 0 Å². The quantitative estimate of drug-likeness (QED) is 0.508. The van der Waals surface area contributed by atoms with E-state index in [4.69, 9.17) is 24.4 Å². The molecule has 0 aliphatic carbocycles. The van der Waals surface area contributed by atoms with Crippen molar-refractivity contribution in [1.29, 1.82) is 0 Å². The van der Waals surface area contributed by atoms with Gasteiger partial charge in [-0.3, -0.25) is 4.79 Å². The molecule has 0 amide bonds. The van der Waals surface area contributed by atoms with E-state index < -0.39 is 12.0 Å². The van der Waals surface area contributed by atoms with E-state index in [0.717, 1.165) is 0 Å². The predicted octanol–water partition coefficient (Wildman–Crippen LogP) is 3.51. The summed E-state index contributed by atoms with van der Waals surface area (Å²) in [6.07, 6.45) is 1.92. The zero-order chi connectivity index (χ0) is 21.3. The zero-order valence-electron chi connectivity index (χ0n) is 16.8. The van der Waals surface area contributed by atoms with Crippen LogP contribution in [0.25, 0.3) is 22.1 Å². The first-order chi connectivity index (χ1) is 14.4. The maximum atomic E-state index is 13.0. The van der Waals surface area contributed by atoms with Gasteiger partial charge in [-0.15, -0.1) is 0 Å². The summed E-state index contributed by atoms with van der Waals surface area (Å²) in [4.78, 5) is 25.1. The van der Waals surface area contributed by atoms with Crippen molar-refractivity contribution in [2.24, 2.45) is 11.7 Å². The number of hydrogen-bond acceptors (Lipinski definition) is 7. The number of ether oxygens (including phenoxy) is 3. The van der Waals surface area contributed by atoms with E-state index >= 15 is 0 Å². The summed E-state index contributed by atoms with van der Waals surface area (Å²) in [6.45, 7) is 4.93. The summed E-state index contributed by atoms with van der Waals surface area (Å²) in [5.41, 5.74) is 7.08. The van der Waals surface area contributed by atoms with Crippen molar-refractivity contribution in [3.63, 3.8) is 0 Å². The van der Waals surface area contributed by atoms with E-state index in [1.807, 2.05) is 13.8 Å². The number of fused-ring (bicyclic) bond motifs is 2. The Labute approximate surface area is 173 Å². The summed E-state index contributed by atoms with van der Waals surface area (Å²) in [5, 5.41) is 0.383. The van der Waals surface area contributed by atoms with Crippen molar-refractivity contribution in [3.8, 4) is 28.4 Å². The largest absolute Gasteiger partial charge is 0.486 e. The van der Waals surface area contributed by atoms with Gasteiger partial charge < -0.3 is 24.4 Å². The molecule has 0 fully saturated rings. The monoisotopic (exact) mass is 409 g/mol. The third kappa shape index (κ3) is 4.02. The lowest BCUT2D eigenvalue weighted by atomic mass is 10.0. The molecule has 0 spiro atoms. The smallest absolute Gasteiger partial charge is 0.328 e. The second-order valence-corrected chi connectivity index (χ2v) is 7.65. The summed E-state index contributed by atoms with van der Waals surface area (Å²) in [5.74, 6) is 1.29. The van der Waals surface area contributed by atoms with Crippen LogP contribution in [0.1, 0.15) is 20.3 Å². The number of hydrogen-bond donors (Lipinski definition) is 1. The van der Waals surface area contributed by atoms with E-state index in [-0.39, 0.29) is 17.1 Å². The van der Waals surface area contributed by atoms with Gasteiger partial charge >= 0.3 is 5.97 Å². The molecule has 2 heterocycles. The molecule has 4 rings (SSSR count). The van der Waals surface area contributed by atoms with Gasteiger partial charge in [0.2, 0.25) is 0 Å². The van der Waals surface area contributed by atoms with Gasteiger partial charge in [0.15, 0.2) is 16.9 Å². The molecular weight excluding hydrogens is 386 g/mol. The maximum Gasteiger partial charge on any atom is 0.328 e. The van der Waals surface area contributed by atoms with E-state index in [1.165, 1.54) is 12.3 Å². The lowest BCUT2D eigenvalue weighted by Gasteiger charge is -2.18. The van der Waals surface area contributed by atoms with E-state index in [0.29, 0.717) is 53.2 Å². The van der Waals surface area contributed by atoms with Crippen molar-refractivity contribution in [2.75, 3.05) is 13.2 Å². The molecular formula is C23H23NO6. The molecule has 0 saturated carbocycles. The van der Waals surface area contributed by atoms with Crippen LogP contribution < -0.4 is 25.4 Å². The minimum absolute atomic E-state index is 0.192. The SMILES string of the molecule is CC(C)CC(N)C(=O)Oc1ccc2c(=O)c(-c3ccc4c(c3)OCCO4)coc2c1. The van der Waals surface area contributed by atoms with Crippen molar-refractivity contribution < 1.29 is 23.4 Å². The van der Waals surface area contributed by atoms with Gasteiger partial charge in [-0.1, -0.05) is 19.9 Å². The highest BCUT2D eigenvalue weighted by Gasteiger charge is 2.19. The fraction of sp³-hybridized carbons (Fsp3) is 0.304. The standard InChI is InChI=1S/C23H23NO6/c1-13(2)9-18(24)23(26)30-15-4-5-16-20(11-15)29-12-17(22(16)25)14-3-6-19-21(10-14)28-8-7-27-19/h3-6,10-13,18H,7-9,24H2,1-2H3. The molecule has 1 unspecified atom stereocenters. The molecule has 0 saturated heterocycles. The van der Waals surface area contributed by atoms with Gasteiger partial charge in [0.05, 0.1) is 10.9 Å². The second kappa shape index (κ2) is 8.20. The summed E-state index contributed by atoms with van der Waals surface area (Å²) in [6, 6.07) is 9.29. The minimum Gasteiger partial charge on any atom is -0.486 e. The average molecular weight is 409 g/mol. The topological polar surface area (TPSA) is 101 Å². The van der Waals surface area contributed by atoms with E-state index in [1.54, 1.807) is 30.3 Å². The van der Waals surface area contributed by atoms with Crippen LogP contribution in [0, 0.1) is 5.92 Å². The molecule has 3 aromatic rings. The molecule has 0 bridgehead atoms. The third-order valence-electron chi connectivity index (χ3n) is 4.85. The Bertz CT molecular complexity index is 1150. The summed E-state index contributed by atoms with van der Waals surface area (Å²) >= 11 is 0. The van der Waals surface area contributed by atoms with E-state index in [9.17, 15) is 9.59 Å². The molecule has 2 aromatic carbocycles. The zero-order valence-corrected chi connectivity index (χ0v) is 16.8. The van der Waals surface area contributed by atoms with Crippen LogP contribution in [0.4, 0.5) is 0 Å². The predicted molar refractivity (Wildman–Crippen MR) is 112 cm³/mol. The highest BCUT2D eigenvalue weighted by atomic mass is 16.6. The Morgan fingerprint density at radius 3 is 2.63 bits per heavy atom. The maximum absolute atomic E-state index is 13.0. The molecule has 0 radical (unpaired) electrons. The molecule has 156 valence electrons. The van der Waals surface area contributed by atoms with Crippen molar-refractivity contribution in [3.05, 3.63) is 52.9 Å². The van der Waals surface area contributed by atoms with Crippen molar-refractivity contribution >= 4 is 16.9 Å². The first-order valence-corrected chi connectivity index (χ1v) is 9.85. The van der Waals surface area contributed by atoms with Crippen molar-refractivity contribution in [1.82, 2.24) is 0 Å². The highest BCUT2D eigenvalue weighted by Crippen LogP contribution is 2.34. The molecule has 1 atom stereocenters. The Kier molecular flexibility index (Phi) is 5.46. The number of benzene rings is 2. The van der Waals surface area contributed by atoms with Crippen LogP contribution in [0.15, 0.2) is 51.9 Å². The van der Waals surface area contributed by atoms with Crippen LogP contribution >= 0.6 is 0 Å². The molecule has 30 heavy (non-hydrogen) atoms. The molecule has 1 aromatic heterocycles. The Morgan fingerprint density at radius 2 is 1.87 bits per heavy atom. The van der Waals surface area contributed by atoms with Crippen LogP contribution in [-0.2, 0) is 4.79 Å². The number of rotatable bonds is 5. The Balaban J connectivity index is 1.62. The first kappa shape index (κ1) is 20.0. The minimum atomic E-state index is -0.703. The fourth-order valence-corrected chi connectivity index (χ4v) is 3.38. The molecule has 1 aliphatic heterocycles.